The first kappa shape index (κ1) is 11.2. The Kier molecular flexibility index (Phi) is 2.47. The van der Waals surface area contributed by atoms with Gasteiger partial charge < -0.3 is 14.4 Å². The first-order valence-electron chi connectivity index (χ1n) is 6.73. The summed E-state index contributed by atoms with van der Waals surface area (Å²) in [4.78, 5) is 4.26. The second kappa shape index (κ2) is 4.18. The minimum absolute atomic E-state index is 0.188. The van der Waals surface area contributed by atoms with Gasteiger partial charge in [0.25, 0.3) is 0 Å². The van der Waals surface area contributed by atoms with E-state index in [0.717, 1.165) is 18.7 Å². The molecular formula is C15H16N2O2. The number of rotatable bonds is 1. The maximum atomic E-state index is 10.3. The van der Waals surface area contributed by atoms with Gasteiger partial charge in [-0.15, -0.1) is 0 Å². The van der Waals surface area contributed by atoms with E-state index in [1.54, 1.807) is 0 Å². The van der Waals surface area contributed by atoms with Crippen molar-refractivity contribution < 1.29 is 9.84 Å². The summed E-state index contributed by atoms with van der Waals surface area (Å²) < 4.78 is 7.55. The molecule has 0 amide bonds. The molecule has 4 nitrogen and oxygen atoms in total. The van der Waals surface area contributed by atoms with Gasteiger partial charge in [0.15, 0.2) is 0 Å². The number of hydrogen-bond donors (Lipinski definition) is 1. The third kappa shape index (κ3) is 1.57. The Balaban J connectivity index is 1.84. The van der Waals surface area contributed by atoms with Gasteiger partial charge in [-0.2, -0.15) is 0 Å². The number of hydrogen-bond acceptors (Lipinski definition) is 3. The van der Waals surface area contributed by atoms with Crippen LogP contribution in [0.3, 0.4) is 0 Å². The molecule has 1 saturated heterocycles. The van der Waals surface area contributed by atoms with E-state index in [4.69, 9.17) is 4.74 Å². The molecule has 2 aliphatic heterocycles. The predicted molar refractivity (Wildman–Crippen MR) is 70.7 cm³/mol. The minimum atomic E-state index is -0.403. The molecule has 0 saturated carbocycles. The fourth-order valence-corrected chi connectivity index (χ4v) is 3.42. The SMILES string of the molecule is O[C@H]1COCC[C@H]1[C@H]1c2ccccc2-c2cncn21. The van der Waals surface area contributed by atoms with Crippen molar-refractivity contribution in [2.75, 3.05) is 13.2 Å². The van der Waals surface area contributed by atoms with Crippen LogP contribution in [0.5, 0.6) is 0 Å². The highest BCUT2D eigenvalue weighted by molar-refractivity contribution is 5.69. The number of ether oxygens (including phenoxy) is 1. The maximum absolute atomic E-state index is 10.3. The van der Waals surface area contributed by atoms with Crippen LogP contribution in [0, 0.1) is 5.92 Å². The van der Waals surface area contributed by atoms with Gasteiger partial charge in [-0.25, -0.2) is 4.98 Å². The molecule has 1 aromatic heterocycles. The Hall–Kier alpha value is -1.65. The van der Waals surface area contributed by atoms with Crippen LogP contribution < -0.4 is 0 Å². The molecule has 0 unspecified atom stereocenters. The zero-order valence-electron chi connectivity index (χ0n) is 10.6. The van der Waals surface area contributed by atoms with Crippen LogP contribution in [0.2, 0.25) is 0 Å². The van der Waals surface area contributed by atoms with E-state index in [1.807, 2.05) is 12.5 Å². The van der Waals surface area contributed by atoms with Crippen molar-refractivity contribution in [2.24, 2.45) is 5.92 Å². The van der Waals surface area contributed by atoms with Gasteiger partial charge in [0.2, 0.25) is 0 Å². The first-order chi connectivity index (χ1) is 9.36. The number of nitrogens with zero attached hydrogens (tertiary/aromatic N) is 2. The van der Waals surface area contributed by atoms with Crippen LogP contribution in [0.4, 0.5) is 0 Å². The zero-order valence-corrected chi connectivity index (χ0v) is 10.6. The third-order valence-corrected chi connectivity index (χ3v) is 4.31. The lowest BCUT2D eigenvalue weighted by Crippen LogP contribution is -2.37. The summed E-state index contributed by atoms with van der Waals surface area (Å²) in [5.41, 5.74) is 3.69. The Morgan fingerprint density at radius 3 is 3.11 bits per heavy atom. The Morgan fingerprint density at radius 2 is 2.21 bits per heavy atom. The molecule has 2 aliphatic rings. The maximum Gasteiger partial charge on any atom is 0.0956 e. The van der Waals surface area contributed by atoms with Crippen molar-refractivity contribution in [3.8, 4) is 11.3 Å². The summed E-state index contributed by atoms with van der Waals surface area (Å²) >= 11 is 0. The number of aromatic nitrogens is 2. The summed E-state index contributed by atoms with van der Waals surface area (Å²) in [5.74, 6) is 0.199. The molecule has 2 aromatic rings. The highest BCUT2D eigenvalue weighted by Gasteiger charge is 2.38. The summed E-state index contributed by atoms with van der Waals surface area (Å²) in [6.45, 7) is 1.16. The van der Waals surface area contributed by atoms with E-state index >= 15 is 0 Å². The van der Waals surface area contributed by atoms with E-state index < -0.39 is 6.10 Å². The predicted octanol–water partition coefficient (Wildman–Crippen LogP) is 1.85. The number of aliphatic hydroxyl groups is 1. The quantitative estimate of drug-likeness (QED) is 0.847. The highest BCUT2D eigenvalue weighted by Crippen LogP contribution is 2.45. The molecule has 4 heteroatoms. The molecule has 0 radical (unpaired) electrons. The highest BCUT2D eigenvalue weighted by atomic mass is 16.5. The third-order valence-electron chi connectivity index (χ3n) is 4.31. The number of aliphatic hydroxyl groups excluding tert-OH is 1. The molecule has 0 spiro atoms. The van der Waals surface area contributed by atoms with Crippen molar-refractivity contribution in [3.05, 3.63) is 42.4 Å². The molecule has 1 aromatic carbocycles. The molecule has 19 heavy (non-hydrogen) atoms. The van der Waals surface area contributed by atoms with Crippen molar-refractivity contribution in [1.82, 2.24) is 9.55 Å². The van der Waals surface area contributed by atoms with Crippen LogP contribution >= 0.6 is 0 Å². The fraction of sp³-hybridized carbons (Fsp3) is 0.400. The Morgan fingerprint density at radius 1 is 1.32 bits per heavy atom. The van der Waals surface area contributed by atoms with Gasteiger partial charge >= 0.3 is 0 Å². The van der Waals surface area contributed by atoms with Crippen LogP contribution in [0.25, 0.3) is 11.3 Å². The van der Waals surface area contributed by atoms with E-state index in [0.29, 0.717) is 6.61 Å². The van der Waals surface area contributed by atoms with Gasteiger partial charge in [-0.05, 0) is 12.0 Å². The smallest absolute Gasteiger partial charge is 0.0956 e. The molecule has 1 fully saturated rings. The number of fused-ring (bicyclic) bond motifs is 3. The first-order valence-corrected chi connectivity index (χ1v) is 6.73. The van der Waals surface area contributed by atoms with Gasteiger partial charge in [0.05, 0.1) is 37.0 Å². The van der Waals surface area contributed by atoms with Crippen molar-refractivity contribution in [3.63, 3.8) is 0 Å². The Labute approximate surface area is 111 Å². The lowest BCUT2D eigenvalue weighted by Gasteiger charge is -2.33. The average Bonchev–Trinajstić information content (AvgIpc) is 3.00. The summed E-state index contributed by atoms with van der Waals surface area (Å²) in [6, 6.07) is 8.60. The van der Waals surface area contributed by atoms with Crippen molar-refractivity contribution in [1.29, 1.82) is 0 Å². The van der Waals surface area contributed by atoms with Crippen molar-refractivity contribution in [2.45, 2.75) is 18.6 Å². The molecule has 98 valence electrons. The van der Waals surface area contributed by atoms with Gasteiger partial charge in [-0.3, -0.25) is 0 Å². The molecule has 3 heterocycles. The fourth-order valence-electron chi connectivity index (χ4n) is 3.42. The van der Waals surface area contributed by atoms with E-state index in [2.05, 4.69) is 33.8 Å². The zero-order chi connectivity index (χ0) is 12.8. The van der Waals surface area contributed by atoms with E-state index in [9.17, 15) is 5.11 Å². The van der Waals surface area contributed by atoms with Gasteiger partial charge in [-0.1, -0.05) is 24.3 Å². The number of benzene rings is 1. The summed E-state index contributed by atoms with van der Waals surface area (Å²) in [6.07, 6.45) is 4.27. The second-order valence-corrected chi connectivity index (χ2v) is 5.31. The molecule has 4 rings (SSSR count). The topological polar surface area (TPSA) is 47.3 Å². The molecule has 0 aliphatic carbocycles. The largest absolute Gasteiger partial charge is 0.390 e. The molecular weight excluding hydrogens is 240 g/mol. The molecule has 3 atom stereocenters. The van der Waals surface area contributed by atoms with Crippen LogP contribution in [0.1, 0.15) is 18.0 Å². The number of imidazole rings is 1. The van der Waals surface area contributed by atoms with Crippen LogP contribution in [0.15, 0.2) is 36.8 Å². The van der Waals surface area contributed by atoms with Gasteiger partial charge in [0, 0.05) is 18.1 Å². The van der Waals surface area contributed by atoms with Crippen LogP contribution in [-0.4, -0.2) is 34.0 Å². The average molecular weight is 256 g/mol. The Bertz CT molecular complexity index is 608. The van der Waals surface area contributed by atoms with Gasteiger partial charge in [0.1, 0.15) is 0 Å². The van der Waals surface area contributed by atoms with E-state index in [1.165, 1.54) is 11.1 Å². The standard InChI is InChI=1S/C15H16N2O2/c18-14-8-19-6-5-12(14)15-11-4-2-1-3-10(11)13-7-16-9-17(13)15/h1-4,7,9,12,14-15,18H,5-6,8H2/t12-,14+,15-/m1/s1. The summed E-state index contributed by atoms with van der Waals surface area (Å²) in [5, 5.41) is 10.3. The monoisotopic (exact) mass is 256 g/mol. The van der Waals surface area contributed by atoms with E-state index in [-0.39, 0.29) is 12.0 Å². The van der Waals surface area contributed by atoms with Crippen molar-refractivity contribution >= 4 is 0 Å². The molecule has 0 bridgehead atoms. The lowest BCUT2D eigenvalue weighted by molar-refractivity contribution is -0.0540. The minimum Gasteiger partial charge on any atom is -0.390 e. The lowest BCUT2D eigenvalue weighted by atomic mass is 9.85. The normalized spacial score (nSPS) is 29.0. The molecule has 1 N–H and O–H groups in total. The summed E-state index contributed by atoms with van der Waals surface area (Å²) in [7, 11) is 0. The van der Waals surface area contributed by atoms with Crippen LogP contribution in [-0.2, 0) is 4.74 Å². The second-order valence-electron chi connectivity index (χ2n) is 5.31.